The van der Waals surface area contributed by atoms with Crippen LogP contribution in [-0.4, -0.2) is 12.5 Å². The van der Waals surface area contributed by atoms with Crippen LogP contribution in [0.25, 0.3) is 0 Å². The van der Waals surface area contributed by atoms with Gasteiger partial charge in [0.1, 0.15) is 6.54 Å². The predicted octanol–water partition coefficient (Wildman–Crippen LogP) is -1.22. The van der Waals surface area contributed by atoms with Crippen molar-refractivity contribution < 1.29 is 0 Å². The van der Waals surface area contributed by atoms with Gasteiger partial charge in [0.05, 0.1) is 6.07 Å². The normalized spacial score (nSPS) is 6.71. The van der Waals surface area contributed by atoms with Crippen molar-refractivity contribution in [3.63, 3.8) is 0 Å². The Bertz CT molecular complexity index is 105. The third-order valence-electron chi connectivity index (χ3n) is 0.332. The number of hydrogen-bond acceptors (Lipinski definition) is 2. The van der Waals surface area contributed by atoms with E-state index in [9.17, 15) is 0 Å². The molecule has 0 aliphatic carbocycles. The molecule has 0 aliphatic heterocycles. The topological polar surface area (TPSA) is 88.2 Å². The Balaban J connectivity index is 3.32. The van der Waals surface area contributed by atoms with E-state index in [0.717, 1.165) is 0 Å². The van der Waals surface area contributed by atoms with E-state index >= 15 is 0 Å². The molecule has 38 valence electrons. The highest BCUT2D eigenvalue weighted by atomic mass is 15.0. The SMILES string of the molecule is N#CCN=C(N)N. The molecule has 0 spiro atoms. The molecule has 0 heterocycles. The Hall–Kier alpha value is -1.24. The van der Waals surface area contributed by atoms with Crippen LogP contribution >= 0.6 is 0 Å². The summed E-state index contributed by atoms with van der Waals surface area (Å²) in [7, 11) is 0. The van der Waals surface area contributed by atoms with Crippen LogP contribution in [0.5, 0.6) is 0 Å². The largest absolute Gasteiger partial charge is 0.370 e. The van der Waals surface area contributed by atoms with Gasteiger partial charge in [0.15, 0.2) is 5.96 Å². The Morgan fingerprint density at radius 1 is 1.71 bits per heavy atom. The second-order valence-electron chi connectivity index (χ2n) is 0.899. The second-order valence-corrected chi connectivity index (χ2v) is 0.899. The monoisotopic (exact) mass is 98.1 g/mol. The maximum atomic E-state index is 7.85. The second kappa shape index (κ2) is 2.97. The first-order valence-electron chi connectivity index (χ1n) is 1.69. The van der Waals surface area contributed by atoms with Gasteiger partial charge < -0.3 is 11.5 Å². The predicted molar refractivity (Wildman–Crippen MR) is 26.3 cm³/mol. The van der Waals surface area contributed by atoms with Crippen molar-refractivity contribution >= 4 is 5.96 Å². The molecule has 0 aromatic heterocycles. The molecule has 0 aliphatic rings. The number of nitriles is 1. The average Bonchev–Trinajstić information content (AvgIpc) is 1.61. The van der Waals surface area contributed by atoms with Crippen LogP contribution in [0.4, 0.5) is 0 Å². The van der Waals surface area contributed by atoms with Crippen molar-refractivity contribution in [2.24, 2.45) is 16.5 Å². The summed E-state index contributed by atoms with van der Waals surface area (Å²) in [6, 6.07) is 1.75. The van der Waals surface area contributed by atoms with Crippen molar-refractivity contribution in [3.05, 3.63) is 0 Å². The zero-order valence-corrected chi connectivity index (χ0v) is 3.76. The molecule has 4 N–H and O–H groups in total. The molecule has 0 amide bonds. The molecular weight excluding hydrogens is 92.1 g/mol. The van der Waals surface area contributed by atoms with Gasteiger partial charge in [0.2, 0.25) is 0 Å². The first kappa shape index (κ1) is 5.76. The van der Waals surface area contributed by atoms with Crippen LogP contribution in [0.3, 0.4) is 0 Å². The fourth-order valence-corrected chi connectivity index (χ4v) is 0.127. The lowest BCUT2D eigenvalue weighted by Gasteiger charge is -1.81. The molecule has 7 heavy (non-hydrogen) atoms. The van der Waals surface area contributed by atoms with E-state index in [0.29, 0.717) is 0 Å². The summed E-state index contributed by atoms with van der Waals surface area (Å²) in [4.78, 5) is 3.35. The lowest BCUT2D eigenvalue weighted by Crippen LogP contribution is -2.22. The van der Waals surface area contributed by atoms with Gasteiger partial charge in [-0.25, -0.2) is 4.99 Å². The summed E-state index contributed by atoms with van der Waals surface area (Å²) in [5.74, 6) is -0.0402. The van der Waals surface area contributed by atoms with Gasteiger partial charge in [0, 0.05) is 0 Å². The van der Waals surface area contributed by atoms with Crippen molar-refractivity contribution in [2.45, 2.75) is 0 Å². The maximum Gasteiger partial charge on any atom is 0.186 e. The highest BCUT2D eigenvalue weighted by molar-refractivity contribution is 5.75. The Labute approximate surface area is 41.4 Å². The minimum atomic E-state index is -0.0402. The molecule has 0 bridgehead atoms. The van der Waals surface area contributed by atoms with Crippen LogP contribution in [0.15, 0.2) is 4.99 Å². The Morgan fingerprint density at radius 3 is 2.43 bits per heavy atom. The lowest BCUT2D eigenvalue weighted by molar-refractivity contribution is 1.21. The number of aliphatic imine (C=N–C) groups is 1. The van der Waals surface area contributed by atoms with Crippen molar-refractivity contribution in [2.75, 3.05) is 6.54 Å². The van der Waals surface area contributed by atoms with Gasteiger partial charge in [0.25, 0.3) is 0 Å². The van der Waals surface area contributed by atoms with E-state index in [1.807, 2.05) is 0 Å². The first-order chi connectivity index (χ1) is 3.27. The quantitative estimate of drug-likeness (QED) is 0.245. The number of rotatable bonds is 1. The van der Waals surface area contributed by atoms with E-state index in [1.54, 1.807) is 6.07 Å². The summed E-state index contributed by atoms with van der Waals surface area (Å²) in [6.45, 7) is 0.0440. The third kappa shape index (κ3) is 4.76. The van der Waals surface area contributed by atoms with Crippen LogP contribution in [-0.2, 0) is 0 Å². The highest BCUT2D eigenvalue weighted by Crippen LogP contribution is 1.59. The van der Waals surface area contributed by atoms with Crippen LogP contribution in [0.1, 0.15) is 0 Å². The van der Waals surface area contributed by atoms with Crippen molar-refractivity contribution in [1.82, 2.24) is 0 Å². The average molecular weight is 98.1 g/mol. The van der Waals surface area contributed by atoms with E-state index in [1.165, 1.54) is 0 Å². The minimum absolute atomic E-state index is 0.0402. The Morgan fingerprint density at radius 2 is 2.29 bits per heavy atom. The Kier molecular flexibility index (Phi) is 2.44. The van der Waals surface area contributed by atoms with Gasteiger partial charge in [-0.2, -0.15) is 5.26 Å². The number of guanidine groups is 1. The summed E-state index contributed by atoms with van der Waals surface area (Å²) in [5.41, 5.74) is 9.71. The number of hydrogen-bond donors (Lipinski definition) is 2. The molecule has 0 unspecified atom stereocenters. The van der Waals surface area contributed by atoms with E-state index in [4.69, 9.17) is 16.7 Å². The van der Waals surface area contributed by atoms with Crippen LogP contribution in [0, 0.1) is 11.3 Å². The van der Waals surface area contributed by atoms with Crippen LogP contribution in [0.2, 0.25) is 0 Å². The van der Waals surface area contributed by atoms with E-state index in [-0.39, 0.29) is 12.5 Å². The minimum Gasteiger partial charge on any atom is -0.370 e. The lowest BCUT2D eigenvalue weighted by atomic mass is 10.7. The van der Waals surface area contributed by atoms with Gasteiger partial charge in [-0.1, -0.05) is 0 Å². The van der Waals surface area contributed by atoms with Crippen molar-refractivity contribution in [1.29, 1.82) is 5.26 Å². The molecule has 0 radical (unpaired) electrons. The fraction of sp³-hybridized carbons (Fsp3) is 0.333. The molecule has 0 saturated carbocycles. The van der Waals surface area contributed by atoms with Gasteiger partial charge in [-0.15, -0.1) is 0 Å². The van der Waals surface area contributed by atoms with Crippen LogP contribution < -0.4 is 11.5 Å². The van der Waals surface area contributed by atoms with E-state index in [2.05, 4.69) is 4.99 Å². The summed E-state index contributed by atoms with van der Waals surface area (Å²) >= 11 is 0. The zero-order chi connectivity index (χ0) is 5.70. The van der Waals surface area contributed by atoms with Gasteiger partial charge >= 0.3 is 0 Å². The van der Waals surface area contributed by atoms with Gasteiger partial charge in [-0.3, -0.25) is 0 Å². The molecule has 0 fully saturated rings. The smallest absolute Gasteiger partial charge is 0.186 e. The number of nitrogens with two attached hydrogens (primary N) is 2. The fourth-order valence-electron chi connectivity index (χ4n) is 0.127. The third-order valence-corrected chi connectivity index (χ3v) is 0.332. The number of nitrogens with zero attached hydrogens (tertiary/aromatic N) is 2. The van der Waals surface area contributed by atoms with Crippen molar-refractivity contribution in [3.8, 4) is 6.07 Å². The molecule has 0 aromatic rings. The molecule has 0 atom stereocenters. The molecule has 4 nitrogen and oxygen atoms in total. The standard InChI is InChI=1S/C3H6N4/c4-1-2-7-3(5)6/h2H2,(H4,5,6,7). The zero-order valence-electron chi connectivity index (χ0n) is 3.76. The molecule has 0 rings (SSSR count). The highest BCUT2D eigenvalue weighted by Gasteiger charge is 1.73. The summed E-state index contributed by atoms with van der Waals surface area (Å²) in [6.07, 6.45) is 0. The first-order valence-corrected chi connectivity index (χ1v) is 1.69. The van der Waals surface area contributed by atoms with E-state index < -0.39 is 0 Å². The summed E-state index contributed by atoms with van der Waals surface area (Å²) < 4.78 is 0. The molecular formula is C3H6N4. The molecule has 0 saturated heterocycles. The van der Waals surface area contributed by atoms with Gasteiger partial charge in [-0.05, 0) is 0 Å². The maximum absolute atomic E-state index is 7.85. The molecule has 0 aromatic carbocycles. The molecule has 4 heteroatoms. The summed E-state index contributed by atoms with van der Waals surface area (Å²) in [5, 5.41) is 7.85.